The van der Waals surface area contributed by atoms with E-state index < -0.39 is 0 Å². The van der Waals surface area contributed by atoms with Gasteiger partial charge in [-0.25, -0.2) is 4.98 Å². The molecule has 10 heavy (non-hydrogen) atoms. The molecule has 0 radical (unpaired) electrons. The van der Waals surface area contributed by atoms with Crippen molar-refractivity contribution in [1.29, 1.82) is 0 Å². The van der Waals surface area contributed by atoms with Crippen molar-refractivity contribution in [2.75, 3.05) is 0 Å². The van der Waals surface area contributed by atoms with Gasteiger partial charge in [-0.1, -0.05) is 6.58 Å². The Bertz CT molecular complexity index is 251. The van der Waals surface area contributed by atoms with Crippen LogP contribution in [-0.4, -0.2) is 9.55 Å². The van der Waals surface area contributed by atoms with Gasteiger partial charge >= 0.3 is 0 Å². The molecule has 0 saturated heterocycles. The van der Waals surface area contributed by atoms with Gasteiger partial charge in [0, 0.05) is 24.5 Å². The summed E-state index contributed by atoms with van der Waals surface area (Å²) in [5.41, 5.74) is 0.875. The molecule has 0 aliphatic rings. The van der Waals surface area contributed by atoms with Gasteiger partial charge in [-0.2, -0.15) is 0 Å². The smallest absolute Gasteiger partial charge is 0.0989 e. The van der Waals surface area contributed by atoms with Gasteiger partial charge in [0.2, 0.25) is 0 Å². The molecule has 0 unspecified atom stereocenters. The summed E-state index contributed by atoms with van der Waals surface area (Å²) in [4.78, 5) is 3.86. The average Bonchev–Trinajstić information content (AvgIpc) is 2.38. The Balaban J connectivity index is 2.71. The lowest BCUT2D eigenvalue weighted by atomic mass is 10.3. The molecule has 0 saturated carbocycles. The maximum absolute atomic E-state index is 5.09. The van der Waals surface area contributed by atoms with Crippen LogP contribution >= 0.6 is 0 Å². The zero-order chi connectivity index (χ0) is 7.40. The van der Waals surface area contributed by atoms with Gasteiger partial charge in [0.05, 0.1) is 6.33 Å². The first kappa shape index (κ1) is 6.63. The van der Waals surface area contributed by atoms with Crippen LogP contribution in [0.25, 0.3) is 5.70 Å². The summed E-state index contributed by atoms with van der Waals surface area (Å²) in [6.45, 7) is 3.77. The van der Waals surface area contributed by atoms with Crippen molar-refractivity contribution in [2.24, 2.45) is 0 Å². The maximum Gasteiger partial charge on any atom is 0.0989 e. The normalized spacial score (nSPS) is 8.70. The molecule has 0 amide bonds. The molecular weight excluding hydrogens is 124 g/mol. The van der Waals surface area contributed by atoms with Crippen molar-refractivity contribution >= 4 is 5.70 Å². The molecule has 50 valence electrons. The van der Waals surface area contributed by atoms with Crippen LogP contribution in [0, 0.1) is 12.3 Å². The molecule has 1 rings (SSSR count). The third-order valence-corrected chi connectivity index (χ3v) is 1.18. The van der Waals surface area contributed by atoms with Crippen LogP contribution < -0.4 is 0 Å². The Labute approximate surface area is 60.2 Å². The van der Waals surface area contributed by atoms with E-state index in [1.165, 1.54) is 0 Å². The summed E-state index contributed by atoms with van der Waals surface area (Å²) in [5, 5.41) is 0. The van der Waals surface area contributed by atoms with Crippen molar-refractivity contribution < 1.29 is 0 Å². The third-order valence-electron chi connectivity index (χ3n) is 1.18. The quantitative estimate of drug-likeness (QED) is 0.556. The van der Waals surface area contributed by atoms with Crippen LogP contribution in [0.5, 0.6) is 0 Å². The molecular formula is C8H8N2. The molecule has 2 nitrogen and oxygen atoms in total. The number of hydrogen-bond acceptors (Lipinski definition) is 1. The van der Waals surface area contributed by atoms with E-state index in [0.29, 0.717) is 6.42 Å². The zero-order valence-electron chi connectivity index (χ0n) is 5.62. The monoisotopic (exact) mass is 132 g/mol. The standard InChI is InChI=1S/C8H8N2/c1-3-4-8(2)10-6-5-9-7-10/h1,5-7H,2,4H2. The van der Waals surface area contributed by atoms with E-state index in [1.54, 1.807) is 17.1 Å². The minimum Gasteiger partial charge on any atom is -0.310 e. The number of aromatic nitrogens is 2. The zero-order valence-corrected chi connectivity index (χ0v) is 5.62. The SMILES string of the molecule is C#CCC(=C)n1ccnc1. The number of hydrogen-bond donors (Lipinski definition) is 0. The second kappa shape index (κ2) is 2.88. The van der Waals surface area contributed by atoms with E-state index in [0.717, 1.165) is 5.70 Å². The lowest BCUT2D eigenvalue weighted by molar-refractivity contribution is 1.05. The van der Waals surface area contributed by atoms with Gasteiger partial charge in [0.25, 0.3) is 0 Å². The predicted molar refractivity (Wildman–Crippen MR) is 41.0 cm³/mol. The summed E-state index contributed by atoms with van der Waals surface area (Å²) in [5.74, 6) is 2.51. The topological polar surface area (TPSA) is 17.8 Å². The first-order valence-electron chi connectivity index (χ1n) is 2.94. The summed E-state index contributed by atoms with van der Waals surface area (Å²) in [7, 11) is 0. The van der Waals surface area contributed by atoms with E-state index in [1.807, 2.05) is 6.20 Å². The van der Waals surface area contributed by atoms with Crippen LogP contribution in [0.3, 0.4) is 0 Å². The van der Waals surface area contributed by atoms with Crippen molar-refractivity contribution in [3.05, 3.63) is 25.3 Å². The maximum atomic E-state index is 5.09. The van der Waals surface area contributed by atoms with Crippen LogP contribution in [0.1, 0.15) is 6.42 Å². The largest absolute Gasteiger partial charge is 0.310 e. The Morgan fingerprint density at radius 1 is 1.80 bits per heavy atom. The molecule has 0 aliphatic carbocycles. The van der Waals surface area contributed by atoms with Gasteiger partial charge < -0.3 is 4.57 Å². The van der Waals surface area contributed by atoms with E-state index in [-0.39, 0.29) is 0 Å². The molecule has 0 fully saturated rings. The van der Waals surface area contributed by atoms with Crippen molar-refractivity contribution in [1.82, 2.24) is 9.55 Å². The Morgan fingerprint density at radius 3 is 3.10 bits per heavy atom. The van der Waals surface area contributed by atoms with Crippen molar-refractivity contribution in [3.63, 3.8) is 0 Å². The number of nitrogens with zero attached hydrogens (tertiary/aromatic N) is 2. The summed E-state index contributed by atoms with van der Waals surface area (Å²) in [6, 6.07) is 0. The molecule has 1 aromatic heterocycles. The first-order chi connectivity index (χ1) is 4.84. The Kier molecular flexibility index (Phi) is 1.91. The van der Waals surface area contributed by atoms with E-state index in [9.17, 15) is 0 Å². The molecule has 1 heterocycles. The number of imidazole rings is 1. The van der Waals surface area contributed by atoms with E-state index in [2.05, 4.69) is 17.5 Å². The molecule has 0 aromatic carbocycles. The highest BCUT2D eigenvalue weighted by molar-refractivity contribution is 5.44. The summed E-state index contributed by atoms with van der Waals surface area (Å²) in [6.07, 6.45) is 10.9. The van der Waals surface area contributed by atoms with Gasteiger partial charge in [-0.05, 0) is 0 Å². The Morgan fingerprint density at radius 2 is 2.60 bits per heavy atom. The number of allylic oxidation sites excluding steroid dienone is 1. The highest BCUT2D eigenvalue weighted by Crippen LogP contribution is 2.03. The highest BCUT2D eigenvalue weighted by Gasteiger charge is 1.91. The molecule has 0 N–H and O–H groups in total. The fourth-order valence-electron chi connectivity index (χ4n) is 0.655. The fraction of sp³-hybridized carbons (Fsp3) is 0.125. The van der Waals surface area contributed by atoms with Crippen LogP contribution in [-0.2, 0) is 0 Å². The molecule has 0 atom stereocenters. The van der Waals surface area contributed by atoms with E-state index >= 15 is 0 Å². The lowest BCUT2D eigenvalue weighted by Gasteiger charge is -1.99. The molecule has 0 spiro atoms. The van der Waals surface area contributed by atoms with Gasteiger partial charge in [0.1, 0.15) is 0 Å². The Hall–Kier alpha value is -1.49. The third kappa shape index (κ3) is 1.26. The van der Waals surface area contributed by atoms with E-state index in [4.69, 9.17) is 6.42 Å². The molecule has 1 aromatic rings. The fourth-order valence-corrected chi connectivity index (χ4v) is 0.655. The van der Waals surface area contributed by atoms with Gasteiger partial charge in [-0.3, -0.25) is 0 Å². The second-order valence-corrected chi connectivity index (χ2v) is 1.92. The molecule has 2 heteroatoms. The van der Waals surface area contributed by atoms with Gasteiger partial charge in [-0.15, -0.1) is 12.3 Å². The van der Waals surface area contributed by atoms with Crippen LogP contribution in [0.2, 0.25) is 0 Å². The van der Waals surface area contributed by atoms with Crippen LogP contribution in [0.4, 0.5) is 0 Å². The first-order valence-corrected chi connectivity index (χ1v) is 2.94. The lowest BCUT2D eigenvalue weighted by Crippen LogP contribution is -1.89. The van der Waals surface area contributed by atoms with Crippen LogP contribution in [0.15, 0.2) is 25.3 Å². The average molecular weight is 132 g/mol. The highest BCUT2D eigenvalue weighted by atomic mass is 15.0. The molecule has 0 aliphatic heterocycles. The predicted octanol–water partition coefficient (Wildman–Crippen LogP) is 1.38. The van der Waals surface area contributed by atoms with Crippen molar-refractivity contribution in [2.45, 2.75) is 6.42 Å². The minimum atomic E-state index is 0.566. The summed E-state index contributed by atoms with van der Waals surface area (Å²) >= 11 is 0. The second-order valence-electron chi connectivity index (χ2n) is 1.92. The summed E-state index contributed by atoms with van der Waals surface area (Å²) < 4.78 is 1.81. The number of terminal acetylenes is 1. The van der Waals surface area contributed by atoms with Gasteiger partial charge in [0.15, 0.2) is 0 Å². The number of rotatable bonds is 2. The van der Waals surface area contributed by atoms with Crippen molar-refractivity contribution in [3.8, 4) is 12.3 Å². The molecule has 0 bridgehead atoms. The minimum absolute atomic E-state index is 0.566.